The number of carbonyl (C=O) groups excluding carboxylic acids is 1. The normalized spacial score (nSPS) is 35.1. The first kappa shape index (κ1) is 34.0. The third kappa shape index (κ3) is 8.43. The van der Waals surface area contributed by atoms with Gasteiger partial charge < -0.3 is 40.3 Å². The Morgan fingerprint density at radius 3 is 2.48 bits per heavy atom. The Morgan fingerprint density at radius 2 is 1.83 bits per heavy atom. The molecule has 3 aliphatic rings. The van der Waals surface area contributed by atoms with Crippen molar-refractivity contribution in [1.29, 1.82) is 0 Å². The van der Waals surface area contributed by atoms with Crippen molar-refractivity contribution in [2.75, 3.05) is 33.5 Å². The van der Waals surface area contributed by atoms with Crippen LogP contribution in [0.15, 0.2) is 29.2 Å². The van der Waals surface area contributed by atoms with Crippen molar-refractivity contribution in [3.63, 3.8) is 0 Å². The van der Waals surface area contributed by atoms with Crippen LogP contribution in [-0.2, 0) is 20.8 Å². The maximum atomic E-state index is 13.9. The third-order valence-electron chi connectivity index (χ3n) is 8.70. The number of fused-ring (bicyclic) bond motifs is 1. The summed E-state index contributed by atoms with van der Waals surface area (Å²) < 4.78 is 12.5. The van der Waals surface area contributed by atoms with Crippen LogP contribution >= 0.6 is 23.5 Å². The number of hydrogen-bond donors (Lipinski definition) is 5. The molecule has 1 aromatic rings. The van der Waals surface area contributed by atoms with Crippen molar-refractivity contribution in [3.05, 3.63) is 29.8 Å². The Balaban J connectivity index is 1.52. The average Bonchev–Trinajstić information content (AvgIpc) is 3.22. The molecule has 42 heavy (non-hydrogen) atoms. The Kier molecular flexibility index (Phi) is 12.5. The lowest BCUT2D eigenvalue weighted by molar-refractivity contribution is -0.205. The van der Waals surface area contributed by atoms with Gasteiger partial charge in [0.1, 0.15) is 35.9 Å². The van der Waals surface area contributed by atoms with Crippen LogP contribution in [0.25, 0.3) is 0 Å². The highest BCUT2D eigenvalue weighted by molar-refractivity contribution is 8.00. The predicted molar refractivity (Wildman–Crippen MR) is 168 cm³/mol. The van der Waals surface area contributed by atoms with Crippen molar-refractivity contribution >= 4 is 29.4 Å². The van der Waals surface area contributed by atoms with Crippen LogP contribution in [-0.4, -0.2) is 113 Å². The summed E-state index contributed by atoms with van der Waals surface area (Å²) in [7, 11) is 4.07. The molecule has 0 bridgehead atoms. The van der Waals surface area contributed by atoms with E-state index in [0.29, 0.717) is 18.4 Å². The van der Waals surface area contributed by atoms with E-state index in [2.05, 4.69) is 53.6 Å². The molecule has 5 N–H and O–H groups in total. The number of carbonyl (C=O) groups is 1. The van der Waals surface area contributed by atoms with Crippen molar-refractivity contribution in [1.82, 2.24) is 15.5 Å². The van der Waals surface area contributed by atoms with Gasteiger partial charge in [-0.25, -0.2) is 0 Å². The van der Waals surface area contributed by atoms with Crippen molar-refractivity contribution in [2.45, 2.75) is 105 Å². The molecule has 2 unspecified atom stereocenters. The molecule has 0 aliphatic carbocycles. The van der Waals surface area contributed by atoms with Crippen LogP contribution in [0.1, 0.15) is 45.6 Å². The number of amides is 1. The summed E-state index contributed by atoms with van der Waals surface area (Å²) in [5.41, 5.74) is 0.473. The number of nitrogens with one attached hydrogen (secondary N) is 2. The fourth-order valence-corrected chi connectivity index (χ4v) is 8.46. The van der Waals surface area contributed by atoms with E-state index in [4.69, 9.17) is 9.47 Å². The van der Waals surface area contributed by atoms with E-state index in [1.807, 2.05) is 21.0 Å². The molecular weight excluding hydrogens is 574 g/mol. The largest absolute Gasteiger partial charge is 0.388 e. The minimum absolute atomic E-state index is 0.194. The summed E-state index contributed by atoms with van der Waals surface area (Å²) in [6.07, 6.45) is -0.0983. The first-order chi connectivity index (χ1) is 20.0. The molecule has 1 aromatic carbocycles. The van der Waals surface area contributed by atoms with Crippen LogP contribution in [0.5, 0.6) is 0 Å². The summed E-state index contributed by atoms with van der Waals surface area (Å²) in [6, 6.07) is 7.17. The molecule has 0 radical (unpaired) electrons. The number of hydrogen-bond acceptors (Lipinski definition) is 10. The molecule has 3 saturated heterocycles. The molecule has 0 aromatic heterocycles. The Hall–Kier alpha value is -0.890. The minimum Gasteiger partial charge on any atom is -0.388 e. The molecule has 1 amide bonds. The van der Waals surface area contributed by atoms with Gasteiger partial charge in [-0.15, -0.1) is 23.5 Å². The lowest BCUT2D eigenvalue weighted by Gasteiger charge is -2.44. The molecule has 11 heteroatoms. The SMILES string of the molecule is CSC1O[C@H]([C@H](NC(=O)[C@H]2NC[C@@H]3C[C@H](CC(C)C)CCO[C@H]32)[C@H](C)Sc2ccc(CN(C)C)cc2)C(O)[C@@H](O)[C@H]1O. The summed E-state index contributed by atoms with van der Waals surface area (Å²) in [5.74, 6) is 1.30. The van der Waals surface area contributed by atoms with Gasteiger partial charge in [0.25, 0.3) is 0 Å². The van der Waals surface area contributed by atoms with Gasteiger partial charge in [0.2, 0.25) is 5.91 Å². The zero-order valence-corrected chi connectivity index (χ0v) is 27.4. The minimum atomic E-state index is -1.39. The van der Waals surface area contributed by atoms with Crippen LogP contribution in [0, 0.1) is 17.8 Å². The summed E-state index contributed by atoms with van der Waals surface area (Å²) in [4.78, 5) is 17.1. The number of rotatable bonds is 11. The molecule has 3 aliphatic heterocycles. The summed E-state index contributed by atoms with van der Waals surface area (Å²) >= 11 is 2.85. The Morgan fingerprint density at radius 1 is 1.12 bits per heavy atom. The third-order valence-corrected chi connectivity index (χ3v) is 10.8. The smallest absolute Gasteiger partial charge is 0.240 e. The number of nitrogens with zero attached hydrogens (tertiary/aromatic N) is 1. The molecule has 3 heterocycles. The van der Waals surface area contributed by atoms with E-state index in [9.17, 15) is 20.1 Å². The monoisotopic (exact) mass is 625 g/mol. The molecule has 11 atom stereocenters. The van der Waals surface area contributed by atoms with Crippen molar-refractivity contribution in [3.8, 4) is 0 Å². The molecule has 238 valence electrons. The summed E-state index contributed by atoms with van der Waals surface area (Å²) in [6.45, 7) is 8.72. The molecule has 3 fully saturated rings. The summed E-state index contributed by atoms with van der Waals surface area (Å²) in [5, 5.41) is 38.7. The van der Waals surface area contributed by atoms with Gasteiger partial charge in [-0.1, -0.05) is 32.9 Å². The lowest BCUT2D eigenvalue weighted by Crippen LogP contribution is -2.65. The zero-order chi connectivity index (χ0) is 30.6. The average molecular weight is 626 g/mol. The van der Waals surface area contributed by atoms with Gasteiger partial charge in [-0.05, 0) is 75.1 Å². The highest BCUT2D eigenvalue weighted by Crippen LogP contribution is 2.36. The molecular formula is C31H51N3O6S2. The van der Waals surface area contributed by atoms with E-state index in [1.165, 1.54) is 17.3 Å². The Labute approximate surface area is 259 Å². The first-order valence-electron chi connectivity index (χ1n) is 15.3. The topological polar surface area (TPSA) is 124 Å². The van der Waals surface area contributed by atoms with E-state index in [-0.39, 0.29) is 23.2 Å². The van der Waals surface area contributed by atoms with Gasteiger partial charge in [0.05, 0.1) is 12.1 Å². The number of aliphatic hydroxyl groups excluding tert-OH is 3. The molecule has 9 nitrogen and oxygen atoms in total. The van der Waals surface area contributed by atoms with Crippen molar-refractivity contribution in [2.24, 2.45) is 17.8 Å². The standard InChI is InChI=1S/C31H51N3O6S2/c1-17(2)13-20-11-12-39-28-21(14-20)15-32-24(28)30(38)33-23(29-26(36)25(35)27(37)31(40-29)41-6)18(3)42-22-9-7-19(8-10-22)16-34(4)5/h7-10,17-18,20-21,23-29,31-32,35-37H,11-16H2,1-6H3,(H,33,38)/t18-,20-,21-,23+,24-,25+,26?,27+,28+,29+,31?/m0/s1. The lowest BCUT2D eigenvalue weighted by atomic mass is 9.85. The number of aliphatic hydroxyl groups is 3. The maximum Gasteiger partial charge on any atom is 0.240 e. The van der Waals surface area contributed by atoms with Gasteiger partial charge >= 0.3 is 0 Å². The molecule has 0 saturated carbocycles. The molecule has 4 rings (SSSR count). The van der Waals surface area contributed by atoms with Gasteiger partial charge in [-0.2, -0.15) is 0 Å². The van der Waals surface area contributed by atoms with Crippen LogP contribution in [0.2, 0.25) is 0 Å². The van der Waals surface area contributed by atoms with E-state index in [0.717, 1.165) is 37.2 Å². The van der Waals surface area contributed by atoms with E-state index >= 15 is 0 Å². The highest BCUT2D eigenvalue weighted by Gasteiger charge is 2.50. The van der Waals surface area contributed by atoms with Crippen molar-refractivity contribution < 1.29 is 29.6 Å². The maximum absolute atomic E-state index is 13.9. The van der Waals surface area contributed by atoms with Gasteiger partial charge in [-0.3, -0.25) is 4.79 Å². The highest BCUT2D eigenvalue weighted by atomic mass is 32.2. The van der Waals surface area contributed by atoms with Gasteiger partial charge in [0.15, 0.2) is 0 Å². The number of thioether (sulfide) groups is 2. The second kappa shape index (κ2) is 15.4. The number of ether oxygens (including phenoxy) is 2. The van der Waals surface area contributed by atoms with E-state index in [1.54, 1.807) is 18.0 Å². The second-order valence-corrected chi connectivity index (χ2v) is 15.3. The molecule has 0 spiro atoms. The predicted octanol–water partition coefficient (Wildman–Crippen LogP) is 2.31. The second-order valence-electron chi connectivity index (χ2n) is 12.9. The fourth-order valence-electron chi connectivity index (χ4n) is 6.68. The zero-order valence-electron chi connectivity index (χ0n) is 25.8. The van der Waals surface area contributed by atoms with Crippen LogP contribution in [0.4, 0.5) is 0 Å². The van der Waals surface area contributed by atoms with Gasteiger partial charge in [0, 0.05) is 29.8 Å². The quantitative estimate of drug-likeness (QED) is 0.234. The van der Waals surface area contributed by atoms with Crippen LogP contribution in [0.3, 0.4) is 0 Å². The Bertz CT molecular complexity index is 999. The number of benzene rings is 1. The van der Waals surface area contributed by atoms with Crippen LogP contribution < -0.4 is 10.6 Å². The first-order valence-corrected chi connectivity index (χ1v) is 17.4. The fraction of sp³-hybridized carbons (Fsp3) is 0.774. The van der Waals surface area contributed by atoms with E-state index < -0.39 is 41.9 Å².